The second-order valence-corrected chi connectivity index (χ2v) is 7.25. The third-order valence-corrected chi connectivity index (χ3v) is 4.56. The molecular weight excluding hydrogens is 236 g/mol. The first-order chi connectivity index (χ1) is 8.91. The van der Waals surface area contributed by atoms with Gasteiger partial charge in [-0.3, -0.25) is 0 Å². The predicted molar refractivity (Wildman–Crippen MR) is 82.5 cm³/mol. The zero-order valence-corrected chi connectivity index (χ0v) is 13.5. The first-order valence-electron chi connectivity index (χ1n) is 7.99. The molecule has 3 heteroatoms. The molecule has 1 atom stereocenters. The number of aliphatic hydroxyl groups excluding tert-OH is 1. The monoisotopic (exact) mass is 270 g/mol. The van der Waals surface area contributed by atoms with E-state index in [1.807, 2.05) is 0 Å². The van der Waals surface area contributed by atoms with Gasteiger partial charge in [0.05, 0.1) is 6.61 Å². The first kappa shape index (κ1) is 16.9. The number of nitrogens with zero attached hydrogens (tertiary/aromatic N) is 1. The zero-order chi connectivity index (χ0) is 14.4. The van der Waals surface area contributed by atoms with Crippen molar-refractivity contribution in [2.75, 3.05) is 32.8 Å². The lowest BCUT2D eigenvalue weighted by molar-refractivity contribution is 0.120. The van der Waals surface area contributed by atoms with E-state index in [9.17, 15) is 5.11 Å². The van der Waals surface area contributed by atoms with Gasteiger partial charge in [-0.25, -0.2) is 0 Å². The maximum atomic E-state index is 9.54. The molecule has 19 heavy (non-hydrogen) atoms. The van der Waals surface area contributed by atoms with E-state index in [0.717, 1.165) is 19.4 Å². The Labute approximate surface area is 119 Å². The third kappa shape index (κ3) is 6.24. The summed E-state index contributed by atoms with van der Waals surface area (Å²) in [6.07, 6.45) is 5.99. The van der Waals surface area contributed by atoms with E-state index in [1.54, 1.807) is 0 Å². The Balaban J connectivity index is 2.22. The summed E-state index contributed by atoms with van der Waals surface area (Å²) in [5, 5.41) is 13.0. The number of aliphatic hydroxyl groups is 1. The van der Waals surface area contributed by atoms with Gasteiger partial charge in [0.15, 0.2) is 0 Å². The lowest BCUT2D eigenvalue weighted by Gasteiger charge is -2.37. The van der Waals surface area contributed by atoms with E-state index in [2.05, 4.69) is 37.9 Å². The van der Waals surface area contributed by atoms with Crippen molar-refractivity contribution in [3.63, 3.8) is 0 Å². The van der Waals surface area contributed by atoms with E-state index in [-0.39, 0.29) is 12.1 Å². The molecule has 0 aromatic rings. The minimum absolute atomic E-state index is 0.0922. The normalized spacial score (nSPS) is 23.2. The van der Waals surface area contributed by atoms with E-state index < -0.39 is 0 Å². The fraction of sp³-hybridized carbons (Fsp3) is 1.00. The van der Waals surface area contributed by atoms with Crippen LogP contribution in [0.3, 0.4) is 0 Å². The van der Waals surface area contributed by atoms with E-state index >= 15 is 0 Å². The molecule has 0 aromatic heterocycles. The molecule has 1 unspecified atom stereocenters. The molecule has 1 heterocycles. The molecule has 1 rings (SSSR count). The number of nitrogens with one attached hydrogen (secondary N) is 1. The highest BCUT2D eigenvalue weighted by atomic mass is 16.3. The Morgan fingerprint density at radius 2 is 1.89 bits per heavy atom. The van der Waals surface area contributed by atoms with Gasteiger partial charge in [-0.05, 0) is 70.6 Å². The molecular formula is C16H34N2O. The van der Waals surface area contributed by atoms with Crippen LogP contribution in [0, 0.1) is 5.41 Å². The Morgan fingerprint density at radius 1 is 1.26 bits per heavy atom. The van der Waals surface area contributed by atoms with Gasteiger partial charge in [0.25, 0.3) is 0 Å². The summed E-state index contributed by atoms with van der Waals surface area (Å²) in [4.78, 5) is 2.59. The molecule has 1 aliphatic rings. The average Bonchev–Trinajstić information content (AvgIpc) is 2.38. The summed E-state index contributed by atoms with van der Waals surface area (Å²) in [5.41, 5.74) is 0.448. The van der Waals surface area contributed by atoms with Crippen molar-refractivity contribution < 1.29 is 5.11 Å². The van der Waals surface area contributed by atoms with Crippen LogP contribution in [-0.2, 0) is 0 Å². The number of rotatable bonds is 8. The maximum absolute atomic E-state index is 9.54. The summed E-state index contributed by atoms with van der Waals surface area (Å²) in [7, 11) is 0. The van der Waals surface area contributed by atoms with Gasteiger partial charge in [0.1, 0.15) is 0 Å². The standard InChI is InChI=1S/C16H34N2O/c1-5-10-17-16(4,14-19)7-6-11-18-12-8-15(2,3)9-13-18/h17,19H,5-14H2,1-4H3. The Bertz CT molecular complexity index is 245. The van der Waals surface area contributed by atoms with Gasteiger partial charge in [0.2, 0.25) is 0 Å². The Morgan fingerprint density at radius 3 is 2.42 bits per heavy atom. The molecule has 114 valence electrons. The summed E-state index contributed by atoms with van der Waals surface area (Å²) >= 11 is 0. The van der Waals surface area contributed by atoms with Crippen molar-refractivity contribution in [1.82, 2.24) is 10.2 Å². The lowest BCUT2D eigenvalue weighted by Crippen LogP contribution is -2.46. The molecule has 0 bridgehead atoms. The Hall–Kier alpha value is -0.120. The summed E-state index contributed by atoms with van der Waals surface area (Å²) in [6.45, 7) is 14.0. The van der Waals surface area contributed by atoms with Crippen LogP contribution < -0.4 is 5.32 Å². The van der Waals surface area contributed by atoms with E-state index in [1.165, 1.54) is 38.9 Å². The zero-order valence-electron chi connectivity index (χ0n) is 13.5. The molecule has 0 radical (unpaired) electrons. The molecule has 0 spiro atoms. The highest BCUT2D eigenvalue weighted by molar-refractivity contribution is 4.83. The van der Waals surface area contributed by atoms with Gasteiger partial charge in [-0.15, -0.1) is 0 Å². The fourth-order valence-corrected chi connectivity index (χ4v) is 2.72. The van der Waals surface area contributed by atoms with Gasteiger partial charge >= 0.3 is 0 Å². The van der Waals surface area contributed by atoms with Gasteiger partial charge in [-0.2, -0.15) is 0 Å². The second-order valence-electron chi connectivity index (χ2n) is 7.25. The quantitative estimate of drug-likeness (QED) is 0.712. The number of likely N-dealkylation sites (tertiary alicyclic amines) is 1. The van der Waals surface area contributed by atoms with Crippen molar-refractivity contribution >= 4 is 0 Å². The van der Waals surface area contributed by atoms with Crippen LogP contribution in [-0.4, -0.2) is 48.3 Å². The van der Waals surface area contributed by atoms with Crippen LogP contribution in [0.2, 0.25) is 0 Å². The van der Waals surface area contributed by atoms with Crippen molar-refractivity contribution in [3.8, 4) is 0 Å². The van der Waals surface area contributed by atoms with Crippen molar-refractivity contribution in [3.05, 3.63) is 0 Å². The van der Waals surface area contributed by atoms with Crippen LogP contribution >= 0.6 is 0 Å². The molecule has 1 fully saturated rings. The number of piperidine rings is 1. The second kappa shape index (κ2) is 7.61. The molecule has 2 N–H and O–H groups in total. The van der Waals surface area contributed by atoms with Crippen LogP contribution in [0.1, 0.15) is 59.8 Å². The maximum Gasteiger partial charge on any atom is 0.0610 e. The largest absolute Gasteiger partial charge is 0.394 e. The van der Waals surface area contributed by atoms with Crippen molar-refractivity contribution in [2.24, 2.45) is 5.41 Å². The average molecular weight is 270 g/mol. The predicted octanol–water partition coefficient (Wildman–Crippen LogP) is 2.64. The molecule has 1 aliphatic heterocycles. The highest BCUT2D eigenvalue weighted by Crippen LogP contribution is 2.29. The van der Waals surface area contributed by atoms with Crippen molar-refractivity contribution in [2.45, 2.75) is 65.3 Å². The van der Waals surface area contributed by atoms with E-state index in [0.29, 0.717) is 5.41 Å². The molecule has 0 amide bonds. The summed E-state index contributed by atoms with van der Waals surface area (Å²) in [6, 6.07) is 0. The SMILES string of the molecule is CCCNC(C)(CO)CCCN1CCC(C)(C)CC1. The smallest absolute Gasteiger partial charge is 0.0610 e. The molecule has 3 nitrogen and oxygen atoms in total. The van der Waals surface area contributed by atoms with Crippen LogP contribution in [0.4, 0.5) is 0 Å². The van der Waals surface area contributed by atoms with Crippen LogP contribution in [0.25, 0.3) is 0 Å². The van der Waals surface area contributed by atoms with Gasteiger partial charge in [0, 0.05) is 5.54 Å². The van der Waals surface area contributed by atoms with Gasteiger partial charge < -0.3 is 15.3 Å². The number of hydrogen-bond donors (Lipinski definition) is 2. The van der Waals surface area contributed by atoms with Crippen molar-refractivity contribution in [1.29, 1.82) is 0 Å². The topological polar surface area (TPSA) is 35.5 Å². The Kier molecular flexibility index (Phi) is 6.78. The fourth-order valence-electron chi connectivity index (χ4n) is 2.72. The first-order valence-corrected chi connectivity index (χ1v) is 7.99. The van der Waals surface area contributed by atoms with E-state index in [4.69, 9.17) is 0 Å². The molecule has 1 saturated heterocycles. The molecule has 0 saturated carbocycles. The van der Waals surface area contributed by atoms with Gasteiger partial charge in [-0.1, -0.05) is 20.8 Å². The minimum Gasteiger partial charge on any atom is -0.394 e. The molecule has 0 aromatic carbocycles. The highest BCUT2D eigenvalue weighted by Gasteiger charge is 2.26. The minimum atomic E-state index is -0.0922. The lowest BCUT2D eigenvalue weighted by atomic mass is 9.82. The summed E-state index contributed by atoms with van der Waals surface area (Å²) < 4.78 is 0. The molecule has 0 aliphatic carbocycles. The summed E-state index contributed by atoms with van der Waals surface area (Å²) in [5.74, 6) is 0. The van der Waals surface area contributed by atoms with Crippen LogP contribution in [0.5, 0.6) is 0 Å². The third-order valence-electron chi connectivity index (χ3n) is 4.56. The van der Waals surface area contributed by atoms with Crippen LogP contribution in [0.15, 0.2) is 0 Å². The number of hydrogen-bond acceptors (Lipinski definition) is 3.